The maximum absolute atomic E-state index is 10.3. The average molecular weight is 146 g/mol. The SMILES string of the molecule is CC(C)(C=O)[C@H](O)CCO. The summed E-state index contributed by atoms with van der Waals surface area (Å²) in [6, 6.07) is 0. The largest absolute Gasteiger partial charge is 0.396 e. The molecule has 0 fully saturated rings. The Kier molecular flexibility index (Phi) is 3.53. The van der Waals surface area contributed by atoms with E-state index in [1.807, 2.05) is 0 Å². The highest BCUT2D eigenvalue weighted by Crippen LogP contribution is 2.18. The van der Waals surface area contributed by atoms with Crippen molar-refractivity contribution in [1.82, 2.24) is 0 Å². The molecule has 0 spiro atoms. The van der Waals surface area contributed by atoms with Crippen LogP contribution < -0.4 is 0 Å². The molecule has 0 aromatic rings. The van der Waals surface area contributed by atoms with Gasteiger partial charge in [-0.2, -0.15) is 0 Å². The minimum atomic E-state index is -0.741. The summed E-state index contributed by atoms with van der Waals surface area (Å²) >= 11 is 0. The minimum absolute atomic E-state index is 0.0849. The maximum atomic E-state index is 10.3. The summed E-state index contributed by atoms with van der Waals surface area (Å²) in [6.45, 7) is 3.19. The van der Waals surface area contributed by atoms with Gasteiger partial charge >= 0.3 is 0 Å². The Morgan fingerprint density at radius 1 is 1.60 bits per heavy atom. The zero-order chi connectivity index (χ0) is 8.20. The van der Waals surface area contributed by atoms with Crippen molar-refractivity contribution in [3.05, 3.63) is 0 Å². The van der Waals surface area contributed by atoms with Crippen molar-refractivity contribution in [2.75, 3.05) is 6.61 Å². The standard InChI is InChI=1S/C7H14O3/c1-7(2,5-9)6(10)3-4-8/h5-6,8,10H,3-4H2,1-2H3/t6-/m1/s1. The first kappa shape index (κ1) is 9.59. The molecule has 0 saturated heterocycles. The first-order valence-corrected chi connectivity index (χ1v) is 3.30. The van der Waals surface area contributed by atoms with Crippen molar-refractivity contribution in [3.8, 4) is 0 Å². The summed E-state index contributed by atoms with van der Waals surface area (Å²) in [5.41, 5.74) is -0.733. The topological polar surface area (TPSA) is 57.5 Å². The summed E-state index contributed by atoms with van der Waals surface area (Å²) < 4.78 is 0. The molecule has 0 radical (unpaired) electrons. The van der Waals surface area contributed by atoms with Crippen LogP contribution in [0.25, 0.3) is 0 Å². The van der Waals surface area contributed by atoms with E-state index in [-0.39, 0.29) is 13.0 Å². The van der Waals surface area contributed by atoms with Gasteiger partial charge in [-0.25, -0.2) is 0 Å². The lowest BCUT2D eigenvalue weighted by molar-refractivity contribution is -0.120. The Bertz CT molecular complexity index is 109. The molecule has 0 heterocycles. The van der Waals surface area contributed by atoms with Gasteiger partial charge in [0.1, 0.15) is 6.29 Å². The van der Waals surface area contributed by atoms with Crippen molar-refractivity contribution < 1.29 is 15.0 Å². The van der Waals surface area contributed by atoms with E-state index >= 15 is 0 Å². The highest BCUT2D eigenvalue weighted by atomic mass is 16.3. The molecule has 0 aromatic carbocycles. The Balaban J connectivity index is 3.90. The van der Waals surface area contributed by atoms with Crippen LogP contribution in [0.3, 0.4) is 0 Å². The van der Waals surface area contributed by atoms with Gasteiger partial charge < -0.3 is 15.0 Å². The van der Waals surface area contributed by atoms with Crippen molar-refractivity contribution >= 4 is 6.29 Å². The van der Waals surface area contributed by atoms with Gasteiger partial charge in [-0.05, 0) is 6.42 Å². The second-order valence-electron chi connectivity index (χ2n) is 2.97. The van der Waals surface area contributed by atoms with E-state index < -0.39 is 11.5 Å². The number of carbonyl (C=O) groups excluding carboxylic acids is 1. The highest BCUT2D eigenvalue weighted by molar-refractivity contribution is 5.58. The van der Waals surface area contributed by atoms with Crippen LogP contribution in [0.15, 0.2) is 0 Å². The monoisotopic (exact) mass is 146 g/mol. The number of carbonyl (C=O) groups is 1. The van der Waals surface area contributed by atoms with Crippen molar-refractivity contribution in [3.63, 3.8) is 0 Å². The van der Waals surface area contributed by atoms with E-state index in [4.69, 9.17) is 5.11 Å². The van der Waals surface area contributed by atoms with E-state index in [1.165, 1.54) is 0 Å². The molecule has 1 atom stereocenters. The summed E-state index contributed by atoms with van der Waals surface area (Å²) in [5, 5.41) is 17.6. The van der Waals surface area contributed by atoms with Gasteiger partial charge in [0, 0.05) is 12.0 Å². The molecule has 0 bridgehead atoms. The quantitative estimate of drug-likeness (QED) is 0.547. The fraction of sp³-hybridized carbons (Fsp3) is 0.857. The van der Waals surface area contributed by atoms with Crippen LogP contribution in [0.5, 0.6) is 0 Å². The van der Waals surface area contributed by atoms with Crippen LogP contribution in [0.4, 0.5) is 0 Å². The summed E-state index contributed by atoms with van der Waals surface area (Å²) in [4.78, 5) is 10.3. The van der Waals surface area contributed by atoms with Crippen LogP contribution in [-0.4, -0.2) is 29.2 Å². The smallest absolute Gasteiger partial charge is 0.128 e. The molecule has 3 heteroatoms. The Morgan fingerprint density at radius 2 is 2.10 bits per heavy atom. The molecular formula is C7H14O3. The van der Waals surface area contributed by atoms with Crippen LogP contribution in [0, 0.1) is 5.41 Å². The van der Waals surface area contributed by atoms with Gasteiger partial charge in [-0.3, -0.25) is 0 Å². The first-order chi connectivity index (χ1) is 4.54. The summed E-state index contributed by atoms with van der Waals surface area (Å²) in [5.74, 6) is 0. The number of rotatable bonds is 4. The van der Waals surface area contributed by atoms with Gasteiger partial charge in [0.15, 0.2) is 0 Å². The molecule has 0 saturated carbocycles. The van der Waals surface area contributed by atoms with Crippen molar-refractivity contribution in [2.24, 2.45) is 5.41 Å². The molecule has 0 aliphatic carbocycles. The summed E-state index contributed by atoms with van der Waals surface area (Å²) in [6.07, 6.45) is 0.217. The lowest BCUT2D eigenvalue weighted by Crippen LogP contribution is -2.31. The third-order valence-electron chi connectivity index (χ3n) is 1.57. The zero-order valence-electron chi connectivity index (χ0n) is 6.37. The molecule has 10 heavy (non-hydrogen) atoms. The van der Waals surface area contributed by atoms with Crippen molar-refractivity contribution in [1.29, 1.82) is 0 Å². The third-order valence-corrected chi connectivity index (χ3v) is 1.57. The van der Waals surface area contributed by atoms with Crippen LogP contribution in [-0.2, 0) is 4.79 Å². The van der Waals surface area contributed by atoms with Gasteiger partial charge in [0.2, 0.25) is 0 Å². The Hall–Kier alpha value is -0.410. The normalized spacial score (nSPS) is 14.8. The Morgan fingerprint density at radius 3 is 2.40 bits per heavy atom. The van der Waals surface area contributed by atoms with Crippen LogP contribution in [0.2, 0.25) is 0 Å². The van der Waals surface area contributed by atoms with E-state index in [9.17, 15) is 9.90 Å². The number of hydrogen-bond donors (Lipinski definition) is 2. The van der Waals surface area contributed by atoms with E-state index in [0.29, 0.717) is 6.29 Å². The van der Waals surface area contributed by atoms with Gasteiger partial charge in [0.05, 0.1) is 6.10 Å². The predicted molar refractivity (Wildman–Crippen MR) is 37.6 cm³/mol. The number of aliphatic hydroxyl groups excluding tert-OH is 2. The second-order valence-corrected chi connectivity index (χ2v) is 2.97. The van der Waals surface area contributed by atoms with Crippen LogP contribution >= 0.6 is 0 Å². The van der Waals surface area contributed by atoms with E-state index in [0.717, 1.165) is 0 Å². The van der Waals surface area contributed by atoms with Gasteiger partial charge in [-0.15, -0.1) is 0 Å². The molecule has 3 nitrogen and oxygen atoms in total. The predicted octanol–water partition coefficient (Wildman–Crippen LogP) is -0.0452. The fourth-order valence-electron chi connectivity index (χ4n) is 0.573. The van der Waals surface area contributed by atoms with Gasteiger partial charge in [-0.1, -0.05) is 13.8 Å². The Labute approximate surface area is 60.7 Å². The van der Waals surface area contributed by atoms with Crippen molar-refractivity contribution in [2.45, 2.75) is 26.4 Å². The molecule has 0 aromatic heterocycles. The number of aldehydes is 1. The lowest BCUT2D eigenvalue weighted by Gasteiger charge is -2.23. The summed E-state index contributed by atoms with van der Waals surface area (Å²) in [7, 11) is 0. The second kappa shape index (κ2) is 3.68. The first-order valence-electron chi connectivity index (χ1n) is 3.30. The molecule has 0 amide bonds. The number of hydrogen-bond acceptors (Lipinski definition) is 3. The molecular weight excluding hydrogens is 132 g/mol. The molecule has 2 N–H and O–H groups in total. The number of aliphatic hydroxyl groups is 2. The molecule has 0 unspecified atom stereocenters. The van der Waals surface area contributed by atoms with Gasteiger partial charge in [0.25, 0.3) is 0 Å². The lowest BCUT2D eigenvalue weighted by atomic mass is 9.87. The van der Waals surface area contributed by atoms with E-state index in [2.05, 4.69) is 0 Å². The maximum Gasteiger partial charge on any atom is 0.128 e. The molecule has 60 valence electrons. The van der Waals surface area contributed by atoms with Crippen LogP contribution in [0.1, 0.15) is 20.3 Å². The highest BCUT2D eigenvalue weighted by Gasteiger charge is 2.26. The molecule has 0 aliphatic rings. The fourth-order valence-corrected chi connectivity index (χ4v) is 0.573. The van der Waals surface area contributed by atoms with E-state index in [1.54, 1.807) is 13.8 Å². The molecule has 0 rings (SSSR count). The third kappa shape index (κ3) is 2.45. The minimum Gasteiger partial charge on any atom is -0.396 e. The average Bonchev–Trinajstić information content (AvgIpc) is 1.89. The molecule has 0 aliphatic heterocycles. The zero-order valence-corrected chi connectivity index (χ0v) is 6.37.